The van der Waals surface area contributed by atoms with Crippen LogP contribution in [0.25, 0.3) is 10.9 Å². The number of methoxy groups -OCH3 is 1. The summed E-state index contributed by atoms with van der Waals surface area (Å²) >= 11 is 0. The smallest absolute Gasteiger partial charge is 0.308 e. The van der Waals surface area contributed by atoms with Crippen LogP contribution >= 0.6 is 0 Å². The lowest BCUT2D eigenvalue weighted by Gasteiger charge is -2.30. The first kappa shape index (κ1) is 19.7. The van der Waals surface area contributed by atoms with Crippen LogP contribution in [0.15, 0.2) is 36.5 Å². The van der Waals surface area contributed by atoms with Gasteiger partial charge in [0.2, 0.25) is 5.91 Å². The number of ether oxygens (including phenoxy) is 2. The van der Waals surface area contributed by atoms with Crippen molar-refractivity contribution in [2.24, 2.45) is 11.8 Å². The van der Waals surface area contributed by atoms with E-state index in [4.69, 9.17) is 9.47 Å². The molecule has 0 unspecified atom stereocenters. The predicted molar refractivity (Wildman–Crippen MR) is 109 cm³/mol. The molecule has 0 bridgehead atoms. The number of aromatic nitrogens is 1. The van der Waals surface area contributed by atoms with E-state index in [0.717, 1.165) is 55.2 Å². The third kappa shape index (κ3) is 4.69. The lowest BCUT2D eigenvalue weighted by molar-refractivity contribution is -0.145. The summed E-state index contributed by atoms with van der Waals surface area (Å²) in [5.41, 5.74) is 0.965. The molecule has 2 atom stereocenters. The van der Waals surface area contributed by atoms with Crippen molar-refractivity contribution >= 4 is 22.8 Å². The van der Waals surface area contributed by atoms with Crippen LogP contribution in [0.2, 0.25) is 0 Å². The van der Waals surface area contributed by atoms with Crippen LogP contribution in [-0.4, -0.2) is 36.1 Å². The summed E-state index contributed by atoms with van der Waals surface area (Å²) in [5, 5.41) is 4.27. The molecule has 1 amide bonds. The minimum absolute atomic E-state index is 0.0701. The number of carbonyl (C=O) groups is 2. The molecule has 2 aliphatic carbocycles. The Labute approximate surface area is 171 Å². The van der Waals surface area contributed by atoms with Gasteiger partial charge in [0.05, 0.1) is 24.6 Å². The minimum atomic E-state index is -0.192. The SMILES string of the molecule is COC(=O)[C@@H]1CC[C@H](C(=O)NC2CCC(Oc3ccc4ncccc4c3)CC2)C1. The normalized spacial score (nSPS) is 26.8. The van der Waals surface area contributed by atoms with Crippen LogP contribution in [0.4, 0.5) is 0 Å². The molecule has 2 saturated carbocycles. The lowest BCUT2D eigenvalue weighted by atomic mass is 9.92. The van der Waals surface area contributed by atoms with E-state index < -0.39 is 0 Å². The van der Waals surface area contributed by atoms with Gasteiger partial charge in [0.25, 0.3) is 0 Å². The Morgan fingerprint density at radius 2 is 1.83 bits per heavy atom. The molecule has 6 nitrogen and oxygen atoms in total. The van der Waals surface area contributed by atoms with Gasteiger partial charge in [-0.05, 0) is 69.2 Å². The van der Waals surface area contributed by atoms with Gasteiger partial charge in [-0.1, -0.05) is 6.07 Å². The fourth-order valence-electron chi connectivity index (χ4n) is 4.56. The van der Waals surface area contributed by atoms with Gasteiger partial charge in [0.1, 0.15) is 5.75 Å². The number of rotatable bonds is 5. The zero-order valence-electron chi connectivity index (χ0n) is 16.8. The lowest BCUT2D eigenvalue weighted by Crippen LogP contribution is -2.42. The zero-order chi connectivity index (χ0) is 20.2. The molecule has 29 heavy (non-hydrogen) atoms. The molecule has 154 valence electrons. The van der Waals surface area contributed by atoms with Gasteiger partial charge in [-0.3, -0.25) is 14.6 Å². The largest absolute Gasteiger partial charge is 0.490 e. The highest BCUT2D eigenvalue weighted by molar-refractivity contribution is 5.81. The maximum absolute atomic E-state index is 12.6. The second-order valence-electron chi connectivity index (χ2n) is 8.19. The van der Waals surface area contributed by atoms with Crippen LogP contribution in [0.3, 0.4) is 0 Å². The zero-order valence-corrected chi connectivity index (χ0v) is 16.8. The molecule has 2 fully saturated rings. The molecule has 2 aromatic rings. The van der Waals surface area contributed by atoms with E-state index in [2.05, 4.69) is 10.3 Å². The Balaban J connectivity index is 1.24. The van der Waals surface area contributed by atoms with E-state index in [9.17, 15) is 9.59 Å². The average molecular weight is 396 g/mol. The topological polar surface area (TPSA) is 77.5 Å². The van der Waals surface area contributed by atoms with Gasteiger partial charge in [-0.2, -0.15) is 0 Å². The Morgan fingerprint density at radius 1 is 1.03 bits per heavy atom. The van der Waals surface area contributed by atoms with E-state index in [-0.39, 0.29) is 35.9 Å². The first-order valence-electron chi connectivity index (χ1n) is 10.5. The standard InChI is InChI=1S/C23H28N2O4/c1-28-23(27)17-5-4-16(13-17)22(26)25-18-6-8-19(9-7-18)29-20-10-11-21-15(14-20)3-2-12-24-21/h2-3,10-12,14,16-19H,4-9,13H2,1H3,(H,25,26)/t16-,17+,18?,19?/m0/s1. The highest BCUT2D eigenvalue weighted by Crippen LogP contribution is 2.32. The molecule has 1 N–H and O–H groups in total. The number of nitrogens with one attached hydrogen (secondary N) is 1. The highest BCUT2D eigenvalue weighted by atomic mass is 16.5. The number of fused-ring (bicyclic) bond motifs is 1. The van der Waals surface area contributed by atoms with Gasteiger partial charge in [-0.15, -0.1) is 0 Å². The molecule has 0 saturated heterocycles. The molecule has 0 radical (unpaired) electrons. The van der Waals surface area contributed by atoms with Crippen molar-refractivity contribution in [1.29, 1.82) is 0 Å². The second-order valence-corrected chi connectivity index (χ2v) is 8.19. The summed E-state index contributed by atoms with van der Waals surface area (Å²) in [6.07, 6.45) is 7.75. The fraction of sp³-hybridized carbons (Fsp3) is 0.522. The number of amides is 1. The molecule has 4 rings (SSSR count). The van der Waals surface area contributed by atoms with Crippen LogP contribution in [-0.2, 0) is 14.3 Å². The number of pyridine rings is 1. The Kier molecular flexibility index (Phi) is 5.97. The summed E-state index contributed by atoms with van der Waals surface area (Å²) in [6.45, 7) is 0. The quantitative estimate of drug-likeness (QED) is 0.781. The van der Waals surface area contributed by atoms with E-state index in [1.165, 1.54) is 7.11 Å². The van der Waals surface area contributed by atoms with Gasteiger partial charge in [0.15, 0.2) is 0 Å². The Bertz CT molecular complexity index is 876. The van der Waals surface area contributed by atoms with Crippen molar-refractivity contribution < 1.29 is 19.1 Å². The van der Waals surface area contributed by atoms with Crippen molar-refractivity contribution in [1.82, 2.24) is 10.3 Å². The Hall–Kier alpha value is -2.63. The third-order valence-corrected chi connectivity index (χ3v) is 6.24. The molecule has 0 spiro atoms. The van der Waals surface area contributed by atoms with Crippen molar-refractivity contribution in [3.05, 3.63) is 36.5 Å². The van der Waals surface area contributed by atoms with E-state index in [0.29, 0.717) is 6.42 Å². The summed E-state index contributed by atoms with van der Waals surface area (Å²) in [7, 11) is 1.41. The summed E-state index contributed by atoms with van der Waals surface area (Å²) in [6, 6.07) is 10.2. The highest BCUT2D eigenvalue weighted by Gasteiger charge is 2.35. The monoisotopic (exact) mass is 396 g/mol. The summed E-state index contributed by atoms with van der Waals surface area (Å²) in [5.74, 6) is 0.569. The molecule has 0 aliphatic heterocycles. The maximum Gasteiger partial charge on any atom is 0.308 e. The van der Waals surface area contributed by atoms with Crippen LogP contribution in [0, 0.1) is 11.8 Å². The van der Waals surface area contributed by atoms with Crippen LogP contribution in [0.5, 0.6) is 5.75 Å². The molecular formula is C23H28N2O4. The molecule has 1 aromatic heterocycles. The first-order chi connectivity index (χ1) is 14.1. The maximum atomic E-state index is 12.6. The number of hydrogen-bond donors (Lipinski definition) is 1. The van der Waals surface area contributed by atoms with Crippen molar-refractivity contribution in [2.45, 2.75) is 57.1 Å². The molecule has 6 heteroatoms. The van der Waals surface area contributed by atoms with Crippen LogP contribution < -0.4 is 10.1 Å². The number of carbonyl (C=O) groups excluding carboxylic acids is 2. The van der Waals surface area contributed by atoms with Crippen LogP contribution in [0.1, 0.15) is 44.9 Å². The summed E-state index contributed by atoms with van der Waals surface area (Å²) in [4.78, 5) is 28.6. The predicted octanol–water partition coefficient (Wildman–Crippen LogP) is 3.63. The molecule has 1 heterocycles. The second kappa shape index (κ2) is 8.80. The average Bonchev–Trinajstić information content (AvgIpc) is 3.25. The number of nitrogens with zero attached hydrogens (tertiary/aromatic N) is 1. The number of hydrogen-bond acceptors (Lipinski definition) is 5. The molecule has 1 aromatic carbocycles. The number of benzene rings is 1. The third-order valence-electron chi connectivity index (χ3n) is 6.24. The van der Waals surface area contributed by atoms with Gasteiger partial charge >= 0.3 is 5.97 Å². The molecular weight excluding hydrogens is 368 g/mol. The van der Waals surface area contributed by atoms with Crippen molar-refractivity contribution in [2.75, 3.05) is 7.11 Å². The van der Waals surface area contributed by atoms with Gasteiger partial charge in [0, 0.05) is 23.5 Å². The van der Waals surface area contributed by atoms with E-state index >= 15 is 0 Å². The summed E-state index contributed by atoms with van der Waals surface area (Å²) < 4.78 is 11.0. The van der Waals surface area contributed by atoms with E-state index in [1.54, 1.807) is 6.20 Å². The van der Waals surface area contributed by atoms with Crippen molar-refractivity contribution in [3.63, 3.8) is 0 Å². The van der Waals surface area contributed by atoms with E-state index in [1.807, 2.05) is 30.3 Å². The molecule has 2 aliphatic rings. The van der Waals surface area contributed by atoms with Gasteiger partial charge in [-0.25, -0.2) is 0 Å². The Morgan fingerprint density at radius 3 is 2.62 bits per heavy atom. The first-order valence-corrected chi connectivity index (χ1v) is 10.5. The van der Waals surface area contributed by atoms with Crippen molar-refractivity contribution in [3.8, 4) is 5.75 Å². The fourth-order valence-corrected chi connectivity index (χ4v) is 4.56. The number of esters is 1. The van der Waals surface area contributed by atoms with Gasteiger partial charge < -0.3 is 14.8 Å². The minimum Gasteiger partial charge on any atom is -0.490 e.